The van der Waals surface area contributed by atoms with Gasteiger partial charge in [-0.25, -0.2) is 0 Å². The smallest absolute Gasteiger partial charge is 0.191 e. The van der Waals surface area contributed by atoms with Gasteiger partial charge in [0.15, 0.2) is 5.96 Å². The number of aryl methyl sites for hydroxylation is 1. The van der Waals surface area contributed by atoms with Crippen LogP contribution in [-0.4, -0.2) is 24.5 Å². The number of benzene rings is 1. The second-order valence-corrected chi connectivity index (χ2v) is 6.10. The first-order valence-corrected chi connectivity index (χ1v) is 8.52. The first kappa shape index (κ1) is 17.0. The highest BCUT2D eigenvalue weighted by Crippen LogP contribution is 2.23. The summed E-state index contributed by atoms with van der Waals surface area (Å²) in [4.78, 5) is 8.43. The van der Waals surface area contributed by atoms with Gasteiger partial charge in [-0.2, -0.15) is 0 Å². The Balaban J connectivity index is 1.57. The summed E-state index contributed by atoms with van der Waals surface area (Å²) in [6.45, 7) is 4.95. The van der Waals surface area contributed by atoms with E-state index in [4.69, 9.17) is 4.42 Å². The molecule has 130 valence electrons. The molecule has 0 saturated carbocycles. The quantitative estimate of drug-likeness (QED) is 0.552. The highest BCUT2D eigenvalue weighted by molar-refractivity contribution is 5.81. The molecule has 0 radical (unpaired) electrons. The van der Waals surface area contributed by atoms with E-state index in [-0.39, 0.29) is 6.04 Å². The fraction of sp³-hybridized carbons (Fsp3) is 0.300. The number of aliphatic imine (C=N–C) groups is 1. The highest BCUT2D eigenvalue weighted by atomic mass is 16.3. The van der Waals surface area contributed by atoms with Crippen LogP contribution in [0.1, 0.15) is 29.9 Å². The summed E-state index contributed by atoms with van der Waals surface area (Å²) in [6, 6.07) is 12.2. The van der Waals surface area contributed by atoms with Gasteiger partial charge >= 0.3 is 0 Å². The number of hydrogen-bond donors (Lipinski definition) is 2. The van der Waals surface area contributed by atoms with E-state index >= 15 is 0 Å². The zero-order valence-corrected chi connectivity index (χ0v) is 14.9. The number of nitrogens with one attached hydrogen (secondary N) is 2. The lowest BCUT2D eigenvalue weighted by molar-refractivity contribution is 0.488. The Morgan fingerprint density at radius 1 is 1.28 bits per heavy atom. The predicted molar refractivity (Wildman–Crippen MR) is 102 cm³/mol. The number of rotatable bonds is 5. The molecular formula is C20H24N4O. The molecule has 1 aromatic carbocycles. The number of aromatic nitrogens is 1. The molecule has 0 saturated heterocycles. The number of hydrogen-bond acceptors (Lipinski definition) is 3. The number of pyridine rings is 1. The van der Waals surface area contributed by atoms with Gasteiger partial charge in [-0.1, -0.05) is 18.2 Å². The van der Waals surface area contributed by atoms with Gasteiger partial charge in [0.1, 0.15) is 11.3 Å². The molecule has 0 amide bonds. The second kappa shape index (κ2) is 7.83. The molecule has 2 heterocycles. The minimum Gasteiger partial charge on any atom is -0.459 e. The Kier molecular flexibility index (Phi) is 5.33. The van der Waals surface area contributed by atoms with Crippen molar-refractivity contribution in [1.82, 2.24) is 15.6 Å². The molecule has 2 aromatic heterocycles. The number of guanidine groups is 1. The first-order chi connectivity index (χ1) is 12.2. The molecule has 0 bridgehead atoms. The summed E-state index contributed by atoms with van der Waals surface area (Å²) < 4.78 is 5.91. The molecule has 1 atom stereocenters. The number of furan rings is 1. The molecule has 0 aliphatic heterocycles. The van der Waals surface area contributed by atoms with E-state index in [0.717, 1.165) is 35.7 Å². The van der Waals surface area contributed by atoms with Gasteiger partial charge in [-0.3, -0.25) is 9.98 Å². The third-order valence-corrected chi connectivity index (χ3v) is 4.27. The number of para-hydroxylation sites is 1. The monoisotopic (exact) mass is 336 g/mol. The standard InChI is InChI=1S/C20H24N4O/c1-14-13-22-10-8-16(14)9-11-23-20(21-3)24-15(2)19-12-17-6-4-5-7-18(17)25-19/h4-8,10,12-13,15H,9,11H2,1-3H3,(H2,21,23,24). The van der Waals surface area contributed by atoms with Gasteiger partial charge in [0.25, 0.3) is 0 Å². The van der Waals surface area contributed by atoms with Crippen LogP contribution >= 0.6 is 0 Å². The molecule has 0 aliphatic rings. The third kappa shape index (κ3) is 4.18. The minimum absolute atomic E-state index is 0.0289. The van der Waals surface area contributed by atoms with Gasteiger partial charge in [0, 0.05) is 31.4 Å². The molecule has 0 aliphatic carbocycles. The van der Waals surface area contributed by atoms with E-state index in [2.05, 4.69) is 52.7 Å². The molecule has 0 fully saturated rings. The van der Waals surface area contributed by atoms with E-state index in [1.807, 2.05) is 30.6 Å². The summed E-state index contributed by atoms with van der Waals surface area (Å²) >= 11 is 0. The molecule has 1 unspecified atom stereocenters. The van der Waals surface area contributed by atoms with Crippen LogP contribution in [0.2, 0.25) is 0 Å². The molecule has 0 spiro atoms. The lowest BCUT2D eigenvalue weighted by Crippen LogP contribution is -2.39. The molecule has 3 aromatic rings. The molecule has 25 heavy (non-hydrogen) atoms. The Bertz CT molecular complexity index is 836. The van der Waals surface area contributed by atoms with Crippen molar-refractivity contribution in [3.8, 4) is 0 Å². The Morgan fingerprint density at radius 2 is 2.12 bits per heavy atom. The summed E-state index contributed by atoms with van der Waals surface area (Å²) in [5.74, 6) is 1.66. The average Bonchev–Trinajstić information content (AvgIpc) is 3.06. The summed E-state index contributed by atoms with van der Waals surface area (Å²) in [5.41, 5.74) is 3.41. The van der Waals surface area contributed by atoms with Gasteiger partial charge < -0.3 is 15.1 Å². The first-order valence-electron chi connectivity index (χ1n) is 8.52. The fourth-order valence-electron chi connectivity index (χ4n) is 2.78. The van der Waals surface area contributed by atoms with E-state index in [9.17, 15) is 0 Å². The van der Waals surface area contributed by atoms with Gasteiger partial charge in [0.2, 0.25) is 0 Å². The van der Waals surface area contributed by atoms with E-state index < -0.39 is 0 Å². The summed E-state index contributed by atoms with van der Waals surface area (Å²) in [7, 11) is 1.78. The van der Waals surface area contributed by atoms with E-state index in [1.165, 1.54) is 11.1 Å². The average molecular weight is 336 g/mol. The lowest BCUT2D eigenvalue weighted by atomic mass is 10.1. The van der Waals surface area contributed by atoms with Crippen LogP contribution in [0.25, 0.3) is 11.0 Å². The number of nitrogens with zero attached hydrogens (tertiary/aromatic N) is 2. The van der Waals surface area contributed by atoms with Gasteiger partial charge in [-0.15, -0.1) is 0 Å². The van der Waals surface area contributed by atoms with Crippen LogP contribution in [0.4, 0.5) is 0 Å². The maximum absolute atomic E-state index is 5.91. The van der Waals surface area contributed by atoms with Crippen LogP contribution in [0.15, 0.2) is 58.2 Å². The second-order valence-electron chi connectivity index (χ2n) is 6.10. The van der Waals surface area contributed by atoms with Crippen molar-refractivity contribution in [2.24, 2.45) is 4.99 Å². The van der Waals surface area contributed by atoms with Crippen LogP contribution in [0.3, 0.4) is 0 Å². The molecule has 5 heteroatoms. The third-order valence-electron chi connectivity index (χ3n) is 4.27. The van der Waals surface area contributed by atoms with Crippen molar-refractivity contribution >= 4 is 16.9 Å². The topological polar surface area (TPSA) is 62.5 Å². The Morgan fingerprint density at radius 3 is 2.88 bits per heavy atom. The van der Waals surface area contributed by atoms with Crippen molar-refractivity contribution in [2.45, 2.75) is 26.3 Å². The van der Waals surface area contributed by atoms with Gasteiger partial charge in [-0.05, 0) is 49.6 Å². The van der Waals surface area contributed by atoms with E-state index in [1.54, 1.807) is 7.05 Å². The summed E-state index contributed by atoms with van der Waals surface area (Å²) in [5, 5.41) is 7.85. The maximum atomic E-state index is 5.91. The largest absolute Gasteiger partial charge is 0.459 e. The zero-order chi connectivity index (χ0) is 17.6. The minimum atomic E-state index is 0.0289. The van der Waals surface area contributed by atoms with Crippen molar-refractivity contribution in [1.29, 1.82) is 0 Å². The van der Waals surface area contributed by atoms with Crippen molar-refractivity contribution < 1.29 is 4.42 Å². The Labute approximate surface area is 148 Å². The van der Waals surface area contributed by atoms with Crippen molar-refractivity contribution in [3.05, 3.63) is 65.7 Å². The highest BCUT2D eigenvalue weighted by Gasteiger charge is 2.12. The normalized spacial score (nSPS) is 13.0. The van der Waals surface area contributed by atoms with Crippen LogP contribution in [0.5, 0.6) is 0 Å². The summed E-state index contributed by atoms with van der Waals surface area (Å²) in [6.07, 6.45) is 4.65. The SMILES string of the molecule is CN=C(NCCc1ccncc1C)NC(C)c1cc2ccccc2o1. The van der Waals surface area contributed by atoms with E-state index in [0.29, 0.717) is 0 Å². The van der Waals surface area contributed by atoms with Gasteiger partial charge in [0.05, 0.1) is 6.04 Å². The van der Waals surface area contributed by atoms with Crippen LogP contribution in [-0.2, 0) is 6.42 Å². The van der Waals surface area contributed by atoms with Crippen molar-refractivity contribution in [3.63, 3.8) is 0 Å². The van der Waals surface area contributed by atoms with Crippen LogP contribution in [0, 0.1) is 6.92 Å². The van der Waals surface area contributed by atoms with Crippen LogP contribution < -0.4 is 10.6 Å². The molecular weight excluding hydrogens is 312 g/mol. The fourth-order valence-corrected chi connectivity index (χ4v) is 2.78. The molecule has 2 N–H and O–H groups in total. The zero-order valence-electron chi connectivity index (χ0n) is 14.9. The molecule has 5 nitrogen and oxygen atoms in total. The Hall–Kier alpha value is -2.82. The predicted octanol–water partition coefficient (Wildman–Crippen LogP) is 3.60. The molecule has 3 rings (SSSR count). The lowest BCUT2D eigenvalue weighted by Gasteiger charge is -2.16. The number of fused-ring (bicyclic) bond motifs is 1. The van der Waals surface area contributed by atoms with Crippen molar-refractivity contribution in [2.75, 3.05) is 13.6 Å². The maximum Gasteiger partial charge on any atom is 0.191 e.